The van der Waals surface area contributed by atoms with Crippen molar-refractivity contribution in [3.8, 4) is 0 Å². The second-order valence-corrected chi connectivity index (χ2v) is 3.93. The van der Waals surface area contributed by atoms with Gasteiger partial charge in [0.05, 0.1) is 19.3 Å². The van der Waals surface area contributed by atoms with Crippen molar-refractivity contribution in [1.82, 2.24) is 0 Å². The number of aliphatic hydroxyl groups is 2. The Balaban J connectivity index is 1.72. The largest absolute Gasteiger partial charge is 0.390 e. The topological polar surface area (TPSA) is 58.9 Å². The second-order valence-electron chi connectivity index (χ2n) is 3.93. The van der Waals surface area contributed by atoms with Gasteiger partial charge in [-0.1, -0.05) is 30.3 Å². The van der Waals surface area contributed by atoms with Gasteiger partial charge >= 0.3 is 0 Å². The number of aliphatic hydroxyl groups excluding tert-OH is 2. The third-order valence-corrected chi connectivity index (χ3v) is 2.60. The van der Waals surface area contributed by atoms with Crippen LogP contribution in [0.1, 0.15) is 12.0 Å². The molecule has 1 saturated heterocycles. The van der Waals surface area contributed by atoms with Crippen LogP contribution in [0.2, 0.25) is 0 Å². The van der Waals surface area contributed by atoms with Crippen LogP contribution in [-0.2, 0) is 16.1 Å². The van der Waals surface area contributed by atoms with Crippen molar-refractivity contribution in [3.05, 3.63) is 35.9 Å². The van der Waals surface area contributed by atoms with Crippen LogP contribution in [0.25, 0.3) is 0 Å². The molecule has 88 valence electrons. The van der Waals surface area contributed by atoms with Crippen molar-refractivity contribution in [2.45, 2.75) is 31.5 Å². The Labute approximate surface area is 94.4 Å². The number of hydrogen-bond donors (Lipinski definition) is 2. The zero-order valence-electron chi connectivity index (χ0n) is 8.95. The first-order valence-electron chi connectivity index (χ1n) is 5.39. The van der Waals surface area contributed by atoms with Crippen LogP contribution in [-0.4, -0.2) is 35.3 Å². The van der Waals surface area contributed by atoms with Gasteiger partial charge in [-0.2, -0.15) is 0 Å². The van der Waals surface area contributed by atoms with Crippen molar-refractivity contribution in [2.24, 2.45) is 0 Å². The Morgan fingerprint density at radius 3 is 2.62 bits per heavy atom. The summed E-state index contributed by atoms with van der Waals surface area (Å²) >= 11 is 0. The molecule has 4 heteroatoms. The van der Waals surface area contributed by atoms with E-state index < -0.39 is 18.5 Å². The first-order valence-corrected chi connectivity index (χ1v) is 5.39. The van der Waals surface area contributed by atoms with Gasteiger partial charge < -0.3 is 19.7 Å². The molecule has 1 aliphatic rings. The minimum absolute atomic E-state index is 0.263. The average Bonchev–Trinajstić information content (AvgIpc) is 2.59. The molecule has 1 unspecified atom stereocenters. The fourth-order valence-corrected chi connectivity index (χ4v) is 1.72. The van der Waals surface area contributed by atoms with E-state index in [1.807, 2.05) is 30.3 Å². The highest BCUT2D eigenvalue weighted by Crippen LogP contribution is 2.19. The number of ether oxygens (including phenoxy) is 2. The lowest BCUT2D eigenvalue weighted by atomic mass is 10.2. The maximum absolute atomic E-state index is 9.49. The van der Waals surface area contributed by atoms with Crippen molar-refractivity contribution in [3.63, 3.8) is 0 Å². The Hall–Kier alpha value is -0.940. The van der Waals surface area contributed by atoms with Gasteiger partial charge in [-0.15, -0.1) is 0 Å². The summed E-state index contributed by atoms with van der Waals surface area (Å²) in [5.41, 5.74) is 1.08. The highest BCUT2D eigenvalue weighted by molar-refractivity contribution is 5.13. The van der Waals surface area contributed by atoms with Gasteiger partial charge in [0.15, 0.2) is 6.29 Å². The summed E-state index contributed by atoms with van der Waals surface area (Å²) in [6, 6.07) is 9.79. The molecule has 0 bridgehead atoms. The van der Waals surface area contributed by atoms with Crippen LogP contribution < -0.4 is 0 Å². The quantitative estimate of drug-likeness (QED) is 0.789. The molecule has 1 aromatic carbocycles. The molecule has 0 spiro atoms. The minimum Gasteiger partial charge on any atom is -0.390 e. The Kier molecular flexibility index (Phi) is 3.90. The molecule has 3 atom stereocenters. The van der Waals surface area contributed by atoms with Gasteiger partial charge in [-0.05, 0) is 5.56 Å². The van der Waals surface area contributed by atoms with Gasteiger partial charge in [0.2, 0.25) is 0 Å². The third-order valence-electron chi connectivity index (χ3n) is 2.60. The molecule has 1 aliphatic heterocycles. The lowest BCUT2D eigenvalue weighted by Gasteiger charge is -2.13. The maximum Gasteiger partial charge on any atom is 0.157 e. The van der Waals surface area contributed by atoms with Crippen molar-refractivity contribution in [2.75, 3.05) is 6.61 Å². The summed E-state index contributed by atoms with van der Waals surface area (Å²) in [5, 5.41) is 18.6. The van der Waals surface area contributed by atoms with Crippen molar-refractivity contribution < 1.29 is 19.7 Å². The molecule has 2 N–H and O–H groups in total. The van der Waals surface area contributed by atoms with Gasteiger partial charge in [0.1, 0.15) is 6.10 Å². The van der Waals surface area contributed by atoms with E-state index in [9.17, 15) is 5.11 Å². The summed E-state index contributed by atoms with van der Waals surface area (Å²) in [7, 11) is 0. The molecule has 4 nitrogen and oxygen atoms in total. The van der Waals surface area contributed by atoms with E-state index in [1.54, 1.807) is 0 Å². The van der Waals surface area contributed by atoms with Gasteiger partial charge in [0, 0.05) is 6.42 Å². The molecule has 0 radical (unpaired) electrons. The Morgan fingerprint density at radius 1 is 1.25 bits per heavy atom. The summed E-state index contributed by atoms with van der Waals surface area (Å²) in [6.45, 7) is 0.788. The fourth-order valence-electron chi connectivity index (χ4n) is 1.72. The zero-order valence-corrected chi connectivity index (χ0v) is 8.95. The molecular formula is C12H16O4. The van der Waals surface area contributed by atoms with Crippen LogP contribution in [0, 0.1) is 0 Å². The van der Waals surface area contributed by atoms with Crippen LogP contribution in [0.3, 0.4) is 0 Å². The van der Waals surface area contributed by atoms with Crippen LogP contribution >= 0.6 is 0 Å². The molecule has 2 rings (SSSR count). The predicted molar refractivity (Wildman–Crippen MR) is 57.6 cm³/mol. The molecule has 16 heavy (non-hydrogen) atoms. The lowest BCUT2D eigenvalue weighted by Crippen LogP contribution is -2.26. The van der Waals surface area contributed by atoms with Crippen molar-refractivity contribution in [1.29, 1.82) is 0 Å². The monoisotopic (exact) mass is 224 g/mol. The molecular weight excluding hydrogens is 208 g/mol. The number of benzene rings is 1. The molecule has 1 aromatic rings. The SMILES string of the molecule is OC1C[C@H](O)[C@@H](COCc2ccccc2)O1. The summed E-state index contributed by atoms with van der Waals surface area (Å²) in [4.78, 5) is 0. The van der Waals surface area contributed by atoms with E-state index in [2.05, 4.69) is 0 Å². The van der Waals surface area contributed by atoms with E-state index >= 15 is 0 Å². The number of hydrogen-bond acceptors (Lipinski definition) is 4. The van der Waals surface area contributed by atoms with Crippen LogP contribution in [0.5, 0.6) is 0 Å². The fraction of sp³-hybridized carbons (Fsp3) is 0.500. The maximum atomic E-state index is 9.49. The summed E-state index contributed by atoms with van der Waals surface area (Å²) < 4.78 is 10.5. The third kappa shape index (κ3) is 3.02. The Bertz CT molecular complexity index is 314. The van der Waals surface area contributed by atoms with E-state index in [0.717, 1.165) is 5.56 Å². The lowest BCUT2D eigenvalue weighted by molar-refractivity contribution is -0.117. The molecule has 0 aliphatic carbocycles. The first-order chi connectivity index (χ1) is 7.75. The van der Waals surface area contributed by atoms with Crippen LogP contribution in [0.4, 0.5) is 0 Å². The molecule has 1 fully saturated rings. The van der Waals surface area contributed by atoms with Crippen molar-refractivity contribution >= 4 is 0 Å². The second kappa shape index (κ2) is 5.41. The van der Waals surface area contributed by atoms with E-state index in [1.165, 1.54) is 0 Å². The van der Waals surface area contributed by atoms with Crippen LogP contribution in [0.15, 0.2) is 30.3 Å². The Morgan fingerprint density at radius 2 is 2.00 bits per heavy atom. The number of rotatable bonds is 4. The van der Waals surface area contributed by atoms with Gasteiger partial charge in [-0.3, -0.25) is 0 Å². The minimum atomic E-state index is -0.861. The molecule has 1 heterocycles. The highest BCUT2D eigenvalue weighted by Gasteiger charge is 2.32. The smallest absolute Gasteiger partial charge is 0.157 e. The summed E-state index contributed by atoms with van der Waals surface area (Å²) in [5.74, 6) is 0. The highest BCUT2D eigenvalue weighted by atomic mass is 16.6. The van der Waals surface area contributed by atoms with E-state index in [0.29, 0.717) is 13.2 Å². The average molecular weight is 224 g/mol. The van der Waals surface area contributed by atoms with E-state index in [-0.39, 0.29) is 6.42 Å². The van der Waals surface area contributed by atoms with Gasteiger partial charge in [0.25, 0.3) is 0 Å². The molecule has 0 saturated carbocycles. The predicted octanol–water partition coefficient (Wildman–Crippen LogP) is 0.671. The molecule has 0 aromatic heterocycles. The zero-order chi connectivity index (χ0) is 11.4. The van der Waals surface area contributed by atoms with Gasteiger partial charge in [-0.25, -0.2) is 0 Å². The standard InChI is InChI=1S/C12H16O4/c13-10-6-12(14)16-11(10)8-15-7-9-4-2-1-3-5-9/h1-5,10-14H,6-8H2/t10-,11+,12?/m0/s1. The molecule has 0 amide bonds. The van der Waals surface area contributed by atoms with E-state index in [4.69, 9.17) is 14.6 Å². The first kappa shape index (κ1) is 11.5. The normalized spacial score (nSPS) is 29.5. The summed E-state index contributed by atoms with van der Waals surface area (Å²) in [6.07, 6.45) is -1.65.